The Labute approximate surface area is 174 Å². The third-order valence-electron chi connectivity index (χ3n) is 5.79. The molecule has 1 aromatic carbocycles. The van der Waals surface area contributed by atoms with Crippen molar-refractivity contribution in [1.29, 1.82) is 0 Å². The predicted octanol–water partition coefficient (Wildman–Crippen LogP) is 2.36. The Bertz CT molecular complexity index is 904. The van der Waals surface area contributed by atoms with Crippen molar-refractivity contribution in [1.82, 2.24) is 9.21 Å². The molecule has 160 valence electrons. The number of rotatable bonds is 6. The summed E-state index contributed by atoms with van der Waals surface area (Å²) in [6.07, 6.45) is 2.06. The number of nitrogens with two attached hydrogens (primary N) is 1. The van der Waals surface area contributed by atoms with Gasteiger partial charge in [-0.2, -0.15) is 4.31 Å². The van der Waals surface area contributed by atoms with Gasteiger partial charge < -0.3 is 5.73 Å². The summed E-state index contributed by atoms with van der Waals surface area (Å²) in [4.78, 5) is 19.3. The van der Waals surface area contributed by atoms with Crippen LogP contribution in [-0.4, -0.2) is 54.7 Å². The van der Waals surface area contributed by atoms with Crippen LogP contribution in [0.3, 0.4) is 0 Å². The second-order valence-electron chi connectivity index (χ2n) is 8.92. The molecular weight excluding hydrogens is 388 g/mol. The molecule has 0 aliphatic carbocycles. The molecule has 0 spiro atoms. The van der Waals surface area contributed by atoms with Crippen molar-refractivity contribution in [2.45, 2.75) is 57.4 Å². The smallest absolute Gasteiger partial charge is 0.257 e. The first-order valence-electron chi connectivity index (χ1n) is 10.3. The van der Waals surface area contributed by atoms with Crippen LogP contribution in [0.4, 0.5) is 0 Å². The number of aryl methyl sites for hydroxylation is 1. The lowest BCUT2D eigenvalue weighted by molar-refractivity contribution is -0.131. The molecule has 2 heterocycles. The largest absolute Gasteiger partial charge is 0.369 e. The minimum Gasteiger partial charge on any atom is -0.369 e. The quantitative estimate of drug-likeness (QED) is 0.764. The second kappa shape index (κ2) is 8.07. The molecule has 0 bridgehead atoms. The number of amides is 1. The number of hydrogen-bond donors (Lipinski definition) is 1. The first-order valence-corrected chi connectivity index (χ1v) is 11.7. The van der Waals surface area contributed by atoms with Gasteiger partial charge in [-0.3, -0.25) is 9.69 Å². The number of sulfonamides is 1. The first kappa shape index (κ1) is 21.8. The fourth-order valence-corrected chi connectivity index (χ4v) is 5.95. The van der Waals surface area contributed by atoms with E-state index in [2.05, 4.69) is 18.8 Å². The summed E-state index contributed by atoms with van der Waals surface area (Å²) in [6.45, 7) is 9.26. The Kier molecular flexibility index (Phi) is 6.06. The van der Waals surface area contributed by atoms with Crippen LogP contribution >= 0.6 is 0 Å². The second-order valence-corrected chi connectivity index (χ2v) is 10.9. The maximum absolute atomic E-state index is 12.9. The van der Waals surface area contributed by atoms with Crippen LogP contribution in [-0.2, 0) is 14.8 Å². The van der Waals surface area contributed by atoms with E-state index in [9.17, 15) is 13.2 Å². The van der Waals surface area contributed by atoms with E-state index in [0.29, 0.717) is 49.7 Å². The molecule has 3 rings (SSSR count). The molecular formula is C21H32N4O3S. The lowest BCUT2D eigenvalue weighted by atomic mass is 9.90. The number of nitrogens with zero attached hydrogens (tertiary/aromatic N) is 3. The van der Waals surface area contributed by atoms with Crippen molar-refractivity contribution in [3.05, 3.63) is 29.8 Å². The van der Waals surface area contributed by atoms with E-state index in [1.165, 1.54) is 0 Å². The van der Waals surface area contributed by atoms with Gasteiger partial charge >= 0.3 is 0 Å². The van der Waals surface area contributed by atoms with Crippen LogP contribution in [0.15, 0.2) is 34.2 Å². The molecule has 1 saturated heterocycles. The van der Waals surface area contributed by atoms with E-state index in [1.54, 1.807) is 27.4 Å². The minimum atomic E-state index is -3.48. The van der Waals surface area contributed by atoms with Crippen molar-refractivity contribution < 1.29 is 13.2 Å². The Morgan fingerprint density at radius 3 is 2.52 bits per heavy atom. The highest BCUT2D eigenvalue weighted by atomic mass is 32.2. The Hall–Kier alpha value is -1.93. The van der Waals surface area contributed by atoms with Crippen LogP contribution in [0.5, 0.6) is 0 Å². The molecule has 29 heavy (non-hydrogen) atoms. The van der Waals surface area contributed by atoms with Gasteiger partial charge in [0.25, 0.3) is 5.91 Å². The van der Waals surface area contributed by atoms with Gasteiger partial charge in [0, 0.05) is 19.6 Å². The van der Waals surface area contributed by atoms with Gasteiger partial charge in [0.05, 0.1) is 4.90 Å². The summed E-state index contributed by atoms with van der Waals surface area (Å²) in [5.41, 5.74) is 6.21. The molecule has 0 radical (unpaired) electrons. The van der Waals surface area contributed by atoms with E-state index in [4.69, 9.17) is 5.73 Å². The van der Waals surface area contributed by atoms with E-state index >= 15 is 0 Å². The van der Waals surface area contributed by atoms with Crippen LogP contribution in [0.1, 0.15) is 45.6 Å². The first-order chi connectivity index (χ1) is 13.5. The van der Waals surface area contributed by atoms with Gasteiger partial charge in [0.15, 0.2) is 5.96 Å². The van der Waals surface area contributed by atoms with E-state index < -0.39 is 15.6 Å². The monoisotopic (exact) mass is 420 g/mol. The summed E-state index contributed by atoms with van der Waals surface area (Å²) >= 11 is 0. The Balaban J connectivity index is 1.62. The summed E-state index contributed by atoms with van der Waals surface area (Å²) in [5, 5.41) is 0. The molecule has 2 aliphatic heterocycles. The Morgan fingerprint density at radius 1 is 1.28 bits per heavy atom. The van der Waals surface area contributed by atoms with Crippen LogP contribution in [0, 0.1) is 18.8 Å². The normalized spacial score (nSPS) is 24.4. The third kappa shape index (κ3) is 4.48. The fraction of sp³-hybridized carbons (Fsp3) is 0.619. The zero-order chi connectivity index (χ0) is 21.4. The molecule has 8 heteroatoms. The number of carbonyl (C=O) groups is 1. The van der Waals surface area contributed by atoms with Gasteiger partial charge in [-0.25, -0.2) is 13.4 Å². The van der Waals surface area contributed by atoms with Gasteiger partial charge in [0.1, 0.15) is 5.54 Å². The molecule has 1 atom stereocenters. The fourth-order valence-electron chi connectivity index (χ4n) is 4.38. The molecule has 1 aromatic rings. The highest BCUT2D eigenvalue weighted by Gasteiger charge is 2.45. The molecule has 0 saturated carbocycles. The average molecular weight is 421 g/mol. The number of benzene rings is 1. The highest BCUT2D eigenvalue weighted by molar-refractivity contribution is 7.89. The van der Waals surface area contributed by atoms with Crippen LogP contribution < -0.4 is 5.73 Å². The molecule has 2 N–H and O–H groups in total. The molecule has 2 aliphatic rings. The lowest BCUT2D eigenvalue weighted by Gasteiger charge is -2.33. The Morgan fingerprint density at radius 2 is 1.93 bits per heavy atom. The topological polar surface area (TPSA) is 96.1 Å². The molecule has 1 fully saturated rings. The van der Waals surface area contributed by atoms with Crippen molar-refractivity contribution in [3.63, 3.8) is 0 Å². The van der Waals surface area contributed by atoms with Gasteiger partial charge in [-0.05, 0) is 62.6 Å². The third-order valence-corrected chi connectivity index (χ3v) is 7.69. The SMILES string of the molecule is Cc1cccc(S(=O)(=O)N2CCC(CN3C(=O)C(C)(CC(C)C)N=C3N)CC2)c1. The number of guanidine groups is 1. The van der Waals surface area contributed by atoms with E-state index in [0.717, 1.165) is 5.56 Å². The molecule has 1 unspecified atom stereocenters. The van der Waals surface area contributed by atoms with Gasteiger partial charge in [-0.1, -0.05) is 26.0 Å². The zero-order valence-corrected chi connectivity index (χ0v) is 18.6. The number of hydrogen-bond acceptors (Lipinski definition) is 5. The summed E-state index contributed by atoms with van der Waals surface area (Å²) in [5.74, 6) is 0.792. The molecule has 1 amide bonds. The average Bonchev–Trinajstić information content (AvgIpc) is 2.84. The summed E-state index contributed by atoms with van der Waals surface area (Å²) < 4.78 is 27.4. The number of aliphatic imine (C=N–C) groups is 1. The molecule has 7 nitrogen and oxygen atoms in total. The standard InChI is InChI=1S/C21H32N4O3S/c1-15(2)13-21(4)19(26)25(20(22)23-21)14-17-8-10-24(11-9-17)29(27,28)18-7-5-6-16(3)12-18/h5-7,12,15,17H,8-11,13-14H2,1-4H3,(H2,22,23). The maximum atomic E-state index is 12.9. The van der Waals surface area contributed by atoms with E-state index in [1.807, 2.05) is 19.9 Å². The summed E-state index contributed by atoms with van der Waals surface area (Å²) in [6, 6.07) is 7.00. The summed E-state index contributed by atoms with van der Waals surface area (Å²) in [7, 11) is -3.48. The van der Waals surface area contributed by atoms with Crippen molar-refractivity contribution in [2.75, 3.05) is 19.6 Å². The lowest BCUT2D eigenvalue weighted by Crippen LogP contribution is -2.47. The van der Waals surface area contributed by atoms with Crippen molar-refractivity contribution >= 4 is 21.9 Å². The van der Waals surface area contributed by atoms with Gasteiger partial charge in [0.2, 0.25) is 10.0 Å². The van der Waals surface area contributed by atoms with Crippen LogP contribution in [0.2, 0.25) is 0 Å². The minimum absolute atomic E-state index is 0.0430. The van der Waals surface area contributed by atoms with Gasteiger partial charge in [-0.15, -0.1) is 0 Å². The number of carbonyl (C=O) groups excluding carboxylic acids is 1. The maximum Gasteiger partial charge on any atom is 0.257 e. The van der Waals surface area contributed by atoms with E-state index in [-0.39, 0.29) is 17.8 Å². The highest BCUT2D eigenvalue weighted by Crippen LogP contribution is 2.31. The molecule has 0 aromatic heterocycles. The number of piperidine rings is 1. The zero-order valence-electron chi connectivity index (χ0n) is 17.8. The predicted molar refractivity (Wildman–Crippen MR) is 114 cm³/mol. The van der Waals surface area contributed by atoms with Crippen LogP contribution in [0.25, 0.3) is 0 Å². The van der Waals surface area contributed by atoms with Crippen molar-refractivity contribution in [2.24, 2.45) is 22.6 Å². The van der Waals surface area contributed by atoms with Crippen molar-refractivity contribution in [3.8, 4) is 0 Å².